The van der Waals surface area contributed by atoms with Gasteiger partial charge < -0.3 is 0 Å². The number of rotatable bonds is 3. The van der Waals surface area contributed by atoms with E-state index in [0.717, 1.165) is 16.7 Å². The van der Waals surface area contributed by atoms with E-state index in [1.54, 1.807) is 12.1 Å². The standard InChI is InChI=1S/C32H26N2O4/c1-18-10-6-8-14-22(18)33-28(35)24-21-16-17-32(26(24)30(33)37,20-12-4-3-5-13-20)27-25(21)29(36)34(31(27)38)23-15-9-7-11-19(23)2/h3-17,21,24-27H,1-2H3/t21?,24-,25+,26+,27-,32?. The number of hydrogen-bond acceptors (Lipinski definition) is 4. The molecule has 0 aromatic heterocycles. The Hall–Kier alpha value is -4.32. The number of aryl methyl sites for hydroxylation is 2. The van der Waals surface area contributed by atoms with Crippen molar-refractivity contribution in [3.8, 4) is 0 Å². The molecule has 5 aliphatic rings. The van der Waals surface area contributed by atoms with Crippen LogP contribution in [0.2, 0.25) is 0 Å². The van der Waals surface area contributed by atoms with Crippen molar-refractivity contribution in [1.29, 1.82) is 0 Å². The lowest BCUT2D eigenvalue weighted by molar-refractivity contribution is -0.140. The molecule has 38 heavy (non-hydrogen) atoms. The molecule has 6 atom stereocenters. The number of anilines is 2. The molecular weight excluding hydrogens is 476 g/mol. The molecule has 0 spiro atoms. The van der Waals surface area contributed by atoms with Crippen LogP contribution in [0.4, 0.5) is 11.4 Å². The largest absolute Gasteiger partial charge is 0.274 e. The van der Waals surface area contributed by atoms with Gasteiger partial charge in [0.15, 0.2) is 0 Å². The van der Waals surface area contributed by atoms with E-state index in [1.165, 1.54) is 9.80 Å². The minimum Gasteiger partial charge on any atom is -0.274 e. The third kappa shape index (κ3) is 2.67. The van der Waals surface area contributed by atoms with E-state index < -0.39 is 35.0 Å². The third-order valence-electron chi connectivity index (χ3n) is 9.14. The summed E-state index contributed by atoms with van der Waals surface area (Å²) in [6.07, 6.45) is 3.88. The number of para-hydroxylation sites is 2. The van der Waals surface area contributed by atoms with Crippen LogP contribution in [0.25, 0.3) is 0 Å². The topological polar surface area (TPSA) is 74.8 Å². The number of imide groups is 2. The molecule has 1 saturated carbocycles. The number of benzene rings is 3. The van der Waals surface area contributed by atoms with Gasteiger partial charge >= 0.3 is 0 Å². The summed E-state index contributed by atoms with van der Waals surface area (Å²) in [5.74, 6) is -4.73. The van der Waals surface area contributed by atoms with Crippen LogP contribution in [0.5, 0.6) is 0 Å². The van der Waals surface area contributed by atoms with Crippen molar-refractivity contribution in [2.45, 2.75) is 19.3 Å². The fraction of sp³-hybridized carbons (Fsp3) is 0.250. The molecule has 2 saturated heterocycles. The molecule has 6 heteroatoms. The maximum atomic E-state index is 14.3. The van der Waals surface area contributed by atoms with Crippen LogP contribution >= 0.6 is 0 Å². The van der Waals surface area contributed by atoms with Crippen molar-refractivity contribution in [2.24, 2.45) is 29.6 Å². The molecule has 3 aromatic carbocycles. The van der Waals surface area contributed by atoms with Gasteiger partial charge in [-0.05, 0) is 42.7 Å². The highest BCUT2D eigenvalue weighted by Gasteiger charge is 2.75. The minimum absolute atomic E-state index is 0.294. The fourth-order valence-corrected chi connectivity index (χ4v) is 7.58. The Morgan fingerprint density at radius 2 is 1.03 bits per heavy atom. The first-order chi connectivity index (χ1) is 18.4. The van der Waals surface area contributed by atoms with Crippen molar-refractivity contribution < 1.29 is 19.2 Å². The van der Waals surface area contributed by atoms with Gasteiger partial charge in [-0.25, -0.2) is 9.80 Å². The Morgan fingerprint density at radius 1 is 0.579 bits per heavy atom. The third-order valence-corrected chi connectivity index (χ3v) is 9.14. The van der Waals surface area contributed by atoms with Crippen LogP contribution < -0.4 is 9.80 Å². The lowest BCUT2D eigenvalue weighted by atomic mass is 9.45. The molecule has 2 heterocycles. The second-order valence-corrected chi connectivity index (χ2v) is 10.8. The molecule has 0 N–H and O–H groups in total. The van der Waals surface area contributed by atoms with Gasteiger partial charge in [-0.15, -0.1) is 0 Å². The predicted molar refractivity (Wildman–Crippen MR) is 142 cm³/mol. The van der Waals surface area contributed by atoms with Crippen LogP contribution in [-0.4, -0.2) is 23.6 Å². The normalized spacial score (nSPS) is 31.3. The Balaban J connectivity index is 1.45. The van der Waals surface area contributed by atoms with Crippen molar-refractivity contribution in [3.05, 3.63) is 108 Å². The van der Waals surface area contributed by atoms with E-state index >= 15 is 0 Å². The maximum Gasteiger partial charge on any atom is 0.238 e. The molecule has 0 radical (unpaired) electrons. The van der Waals surface area contributed by atoms with Gasteiger partial charge in [0.2, 0.25) is 23.6 Å². The van der Waals surface area contributed by atoms with Crippen molar-refractivity contribution in [1.82, 2.24) is 0 Å². The number of allylic oxidation sites excluding steroid dienone is 2. The summed E-state index contributed by atoms with van der Waals surface area (Å²) in [5.41, 5.74) is 2.42. The molecular formula is C32H26N2O4. The Kier molecular flexibility index (Phi) is 4.71. The Labute approximate surface area is 220 Å². The summed E-state index contributed by atoms with van der Waals surface area (Å²) in [4.78, 5) is 59.5. The first kappa shape index (κ1) is 22.8. The zero-order valence-electron chi connectivity index (χ0n) is 21.1. The van der Waals surface area contributed by atoms with Crippen LogP contribution in [0.3, 0.4) is 0 Å². The van der Waals surface area contributed by atoms with Gasteiger partial charge in [0.05, 0.1) is 35.0 Å². The van der Waals surface area contributed by atoms with Gasteiger partial charge in [0.25, 0.3) is 0 Å². The quantitative estimate of drug-likeness (QED) is 0.394. The minimum atomic E-state index is -1.11. The summed E-state index contributed by atoms with van der Waals surface area (Å²) >= 11 is 0. The molecule has 3 aliphatic carbocycles. The van der Waals surface area contributed by atoms with Crippen LogP contribution in [0.15, 0.2) is 91.0 Å². The first-order valence-corrected chi connectivity index (χ1v) is 13.0. The van der Waals surface area contributed by atoms with E-state index in [4.69, 9.17) is 0 Å². The molecule has 188 valence electrons. The van der Waals surface area contributed by atoms with Crippen LogP contribution in [0, 0.1) is 43.4 Å². The molecule has 4 amide bonds. The van der Waals surface area contributed by atoms with E-state index in [9.17, 15) is 19.2 Å². The van der Waals surface area contributed by atoms with Crippen LogP contribution in [-0.2, 0) is 24.6 Å². The molecule has 2 aliphatic heterocycles. The number of nitrogens with zero attached hydrogens (tertiary/aromatic N) is 2. The summed E-state index contributed by atoms with van der Waals surface area (Å²) in [6, 6.07) is 24.1. The monoisotopic (exact) mass is 502 g/mol. The second-order valence-electron chi connectivity index (χ2n) is 10.8. The summed E-state index contributed by atoms with van der Waals surface area (Å²) in [5, 5.41) is 0. The van der Waals surface area contributed by atoms with E-state index in [-0.39, 0.29) is 23.6 Å². The highest BCUT2D eigenvalue weighted by molar-refractivity contribution is 6.27. The van der Waals surface area contributed by atoms with Gasteiger partial charge in [0.1, 0.15) is 0 Å². The highest BCUT2D eigenvalue weighted by Crippen LogP contribution is 2.65. The molecule has 3 fully saturated rings. The highest BCUT2D eigenvalue weighted by atomic mass is 16.2. The lowest BCUT2D eigenvalue weighted by Crippen LogP contribution is -2.60. The Morgan fingerprint density at radius 3 is 1.50 bits per heavy atom. The number of amides is 4. The van der Waals surface area contributed by atoms with Gasteiger partial charge in [0, 0.05) is 11.3 Å². The number of hydrogen-bond donors (Lipinski definition) is 0. The van der Waals surface area contributed by atoms with Gasteiger partial charge in [-0.3, -0.25) is 19.2 Å². The fourth-order valence-electron chi connectivity index (χ4n) is 7.58. The van der Waals surface area contributed by atoms with Crippen molar-refractivity contribution in [3.63, 3.8) is 0 Å². The molecule has 6 nitrogen and oxygen atoms in total. The molecule has 3 aromatic rings. The van der Waals surface area contributed by atoms with Crippen LogP contribution in [0.1, 0.15) is 16.7 Å². The maximum absolute atomic E-state index is 14.3. The molecule has 2 bridgehead atoms. The first-order valence-electron chi connectivity index (χ1n) is 13.0. The van der Waals surface area contributed by atoms with E-state index in [2.05, 4.69) is 0 Å². The number of carbonyl (C=O) groups excluding carboxylic acids is 4. The average Bonchev–Trinajstić information content (AvgIpc) is 3.37. The second kappa shape index (κ2) is 7.84. The zero-order valence-corrected chi connectivity index (χ0v) is 21.1. The predicted octanol–water partition coefficient (Wildman–Crippen LogP) is 4.35. The van der Waals surface area contributed by atoms with E-state index in [1.807, 2.05) is 92.7 Å². The van der Waals surface area contributed by atoms with E-state index in [0.29, 0.717) is 11.4 Å². The molecule has 8 rings (SSSR count). The summed E-state index contributed by atoms with van der Waals surface area (Å²) < 4.78 is 0. The SMILES string of the molecule is Cc1ccccc1N1C(=O)[C@@H]2C3C=CC(c4ccccc4)([C@@H]2C1=O)[C@H]1C(=O)N(c2ccccc2C)C(=O)[C@@H]31. The Bertz CT molecular complexity index is 1490. The number of carbonyl (C=O) groups is 4. The summed E-state index contributed by atoms with van der Waals surface area (Å²) in [7, 11) is 0. The average molecular weight is 503 g/mol. The molecule has 2 unspecified atom stereocenters. The van der Waals surface area contributed by atoms with Gasteiger partial charge in [-0.2, -0.15) is 0 Å². The zero-order chi connectivity index (χ0) is 26.3. The van der Waals surface area contributed by atoms with Crippen molar-refractivity contribution in [2.75, 3.05) is 9.80 Å². The summed E-state index contributed by atoms with van der Waals surface area (Å²) in [6.45, 7) is 3.75. The van der Waals surface area contributed by atoms with Gasteiger partial charge in [-0.1, -0.05) is 78.9 Å². The lowest BCUT2D eigenvalue weighted by Gasteiger charge is -2.53. The van der Waals surface area contributed by atoms with Crippen molar-refractivity contribution >= 4 is 35.0 Å². The smallest absolute Gasteiger partial charge is 0.238 e.